The van der Waals surface area contributed by atoms with Crippen LogP contribution in [0.3, 0.4) is 0 Å². The molecule has 4 rings (SSSR count). The van der Waals surface area contributed by atoms with Crippen LogP contribution >= 0.6 is 0 Å². The molecule has 32 heavy (non-hydrogen) atoms. The van der Waals surface area contributed by atoms with E-state index in [4.69, 9.17) is 23.7 Å². The molecule has 0 saturated carbocycles. The third-order valence-corrected chi connectivity index (χ3v) is 7.20. The fourth-order valence-electron chi connectivity index (χ4n) is 4.56. The van der Waals surface area contributed by atoms with E-state index in [0.29, 0.717) is 12.8 Å². The quantitative estimate of drug-likeness (QED) is 0.213. The third-order valence-electron chi connectivity index (χ3n) is 7.20. The standard InChI is InChI=1S/C24H32O8/c1-11(2)20(25)28-15-9-18-23(6,32-18)10-17(30-22(27)24(7)14(5)31-24)19-13(4)21(26)29-16(19)8-12(15)3/h8,11,14-19H,4,9-10H2,1-3,5-7H3/b12-8-/t14?,15?,16-,17?,18-,19+,23+,24?/m1/s1. The van der Waals surface area contributed by atoms with Crippen molar-refractivity contribution in [3.8, 4) is 0 Å². The van der Waals surface area contributed by atoms with Crippen molar-refractivity contribution >= 4 is 17.9 Å². The van der Waals surface area contributed by atoms with Crippen molar-refractivity contribution in [3.63, 3.8) is 0 Å². The summed E-state index contributed by atoms with van der Waals surface area (Å²) >= 11 is 0. The SMILES string of the molecule is C=C1C(=O)O[C@@H]2/C=C(/C)C(OC(=O)C(C)C)C[C@H]3O[C@@]3(C)CC(OC(=O)C3(C)OC3C)[C@@H]12. The second-order valence-corrected chi connectivity index (χ2v) is 10.1. The summed E-state index contributed by atoms with van der Waals surface area (Å²) in [6.45, 7) is 14.8. The van der Waals surface area contributed by atoms with E-state index in [1.165, 1.54) is 0 Å². The first-order chi connectivity index (χ1) is 14.9. The Morgan fingerprint density at radius 2 is 1.88 bits per heavy atom. The molecule has 8 heteroatoms. The van der Waals surface area contributed by atoms with Gasteiger partial charge in [-0.2, -0.15) is 0 Å². The Kier molecular flexibility index (Phi) is 5.53. The molecule has 0 radical (unpaired) electrons. The molecule has 3 fully saturated rings. The summed E-state index contributed by atoms with van der Waals surface area (Å²) in [4.78, 5) is 37.5. The number of hydrogen-bond acceptors (Lipinski definition) is 8. The second kappa shape index (κ2) is 7.70. The summed E-state index contributed by atoms with van der Waals surface area (Å²) in [7, 11) is 0. The van der Waals surface area contributed by atoms with E-state index in [1.807, 2.05) is 20.8 Å². The Morgan fingerprint density at radius 3 is 2.47 bits per heavy atom. The summed E-state index contributed by atoms with van der Waals surface area (Å²) in [5.74, 6) is -2.13. The number of rotatable bonds is 4. The normalized spacial score (nSPS) is 44.5. The number of hydrogen-bond donors (Lipinski definition) is 0. The molecule has 0 N–H and O–H groups in total. The van der Waals surface area contributed by atoms with E-state index < -0.39 is 47.4 Å². The first-order valence-corrected chi connectivity index (χ1v) is 11.2. The lowest BCUT2D eigenvalue weighted by Gasteiger charge is -2.30. The molecule has 4 aliphatic rings. The predicted octanol–water partition coefficient (Wildman–Crippen LogP) is 2.64. The number of esters is 3. The number of fused-ring (bicyclic) bond motifs is 2. The monoisotopic (exact) mass is 448 g/mol. The van der Waals surface area contributed by atoms with Gasteiger partial charge in [0.1, 0.15) is 18.3 Å². The van der Waals surface area contributed by atoms with Crippen molar-refractivity contribution in [3.05, 3.63) is 23.8 Å². The highest BCUT2D eigenvalue weighted by molar-refractivity contribution is 5.91. The van der Waals surface area contributed by atoms with Gasteiger partial charge in [0.15, 0.2) is 5.60 Å². The lowest BCUT2D eigenvalue weighted by Crippen LogP contribution is -2.40. The predicted molar refractivity (Wildman–Crippen MR) is 112 cm³/mol. The number of carbonyl (C=O) groups is 3. The van der Waals surface area contributed by atoms with Gasteiger partial charge in [0, 0.05) is 18.4 Å². The van der Waals surface area contributed by atoms with E-state index >= 15 is 0 Å². The van der Waals surface area contributed by atoms with Crippen LogP contribution in [-0.2, 0) is 38.1 Å². The van der Waals surface area contributed by atoms with Crippen molar-refractivity contribution in [2.24, 2.45) is 11.8 Å². The average Bonchev–Trinajstić information content (AvgIpc) is 3.50. The maximum Gasteiger partial charge on any atom is 0.341 e. The molecule has 4 unspecified atom stereocenters. The maximum absolute atomic E-state index is 12.8. The molecule has 0 amide bonds. The van der Waals surface area contributed by atoms with E-state index in [0.717, 1.165) is 5.57 Å². The lowest BCUT2D eigenvalue weighted by molar-refractivity contribution is -0.159. The molecule has 3 aliphatic heterocycles. The molecule has 0 aromatic carbocycles. The van der Waals surface area contributed by atoms with Crippen LogP contribution in [0.4, 0.5) is 0 Å². The molecule has 1 aliphatic carbocycles. The number of carbonyl (C=O) groups excluding carboxylic acids is 3. The highest BCUT2D eigenvalue weighted by atomic mass is 16.7. The minimum absolute atomic E-state index is 0.175. The van der Waals surface area contributed by atoms with Gasteiger partial charge >= 0.3 is 17.9 Å². The Hall–Kier alpha value is -2.19. The van der Waals surface area contributed by atoms with Gasteiger partial charge in [-0.25, -0.2) is 9.59 Å². The fraction of sp³-hybridized carbons (Fsp3) is 0.708. The van der Waals surface area contributed by atoms with Crippen molar-refractivity contribution < 1.29 is 38.1 Å². The zero-order chi connectivity index (χ0) is 23.6. The topological polar surface area (TPSA) is 104 Å². The van der Waals surface area contributed by atoms with E-state index in [9.17, 15) is 14.4 Å². The van der Waals surface area contributed by atoms with Gasteiger partial charge in [-0.05, 0) is 39.3 Å². The lowest BCUT2D eigenvalue weighted by atomic mass is 9.82. The van der Waals surface area contributed by atoms with Crippen molar-refractivity contribution in [1.29, 1.82) is 0 Å². The van der Waals surface area contributed by atoms with Crippen molar-refractivity contribution in [2.45, 2.75) is 96.1 Å². The molecule has 0 bridgehead atoms. The summed E-state index contributed by atoms with van der Waals surface area (Å²) in [5, 5.41) is 0. The Morgan fingerprint density at radius 1 is 1.22 bits per heavy atom. The molecule has 3 heterocycles. The van der Waals surface area contributed by atoms with Crippen LogP contribution in [0.25, 0.3) is 0 Å². The van der Waals surface area contributed by atoms with E-state index in [2.05, 4.69) is 6.58 Å². The minimum atomic E-state index is -0.984. The van der Waals surface area contributed by atoms with Crippen LogP contribution < -0.4 is 0 Å². The smallest absolute Gasteiger partial charge is 0.341 e. The Labute approximate surface area is 188 Å². The van der Waals surface area contributed by atoms with Crippen LogP contribution in [0.5, 0.6) is 0 Å². The molecule has 0 aromatic heterocycles. The van der Waals surface area contributed by atoms with Gasteiger partial charge in [0.25, 0.3) is 0 Å². The van der Waals surface area contributed by atoms with Crippen LogP contribution in [0.2, 0.25) is 0 Å². The van der Waals surface area contributed by atoms with Crippen LogP contribution in [0.1, 0.15) is 54.4 Å². The fourth-order valence-corrected chi connectivity index (χ4v) is 4.56. The number of ether oxygens (including phenoxy) is 5. The molecule has 176 valence electrons. The first kappa shape index (κ1) is 23.0. The summed E-state index contributed by atoms with van der Waals surface area (Å²) in [5.41, 5.74) is -0.558. The summed E-state index contributed by atoms with van der Waals surface area (Å²) < 4.78 is 28.7. The minimum Gasteiger partial charge on any atom is -0.459 e. The Balaban J connectivity index is 1.65. The molecule has 0 spiro atoms. The second-order valence-electron chi connectivity index (χ2n) is 10.1. The Bertz CT molecular complexity index is 890. The molecule has 8 nitrogen and oxygen atoms in total. The van der Waals surface area contributed by atoms with Gasteiger partial charge in [-0.1, -0.05) is 20.4 Å². The largest absolute Gasteiger partial charge is 0.459 e. The highest BCUT2D eigenvalue weighted by Gasteiger charge is 2.61. The third kappa shape index (κ3) is 3.99. The van der Waals surface area contributed by atoms with Gasteiger partial charge in [-0.3, -0.25) is 4.79 Å². The summed E-state index contributed by atoms with van der Waals surface area (Å²) in [6.07, 6.45) is 0.364. The molecular formula is C24H32O8. The van der Waals surface area contributed by atoms with Crippen molar-refractivity contribution in [1.82, 2.24) is 0 Å². The van der Waals surface area contributed by atoms with Gasteiger partial charge < -0.3 is 23.7 Å². The summed E-state index contributed by atoms with van der Waals surface area (Å²) in [6, 6.07) is 0. The number of epoxide rings is 2. The molecule has 8 atom stereocenters. The first-order valence-electron chi connectivity index (χ1n) is 11.2. The van der Waals surface area contributed by atoms with Crippen molar-refractivity contribution in [2.75, 3.05) is 0 Å². The van der Waals surface area contributed by atoms with Gasteiger partial charge in [-0.15, -0.1) is 0 Å². The van der Waals surface area contributed by atoms with Crippen LogP contribution in [0.15, 0.2) is 23.8 Å². The molecule has 0 aromatic rings. The zero-order valence-corrected chi connectivity index (χ0v) is 19.5. The average molecular weight is 449 g/mol. The van der Waals surface area contributed by atoms with Crippen LogP contribution in [-0.4, -0.2) is 59.6 Å². The van der Waals surface area contributed by atoms with E-state index in [1.54, 1.807) is 26.8 Å². The highest BCUT2D eigenvalue weighted by Crippen LogP contribution is 2.49. The van der Waals surface area contributed by atoms with Crippen LogP contribution in [0, 0.1) is 11.8 Å². The zero-order valence-electron chi connectivity index (χ0n) is 19.5. The molecular weight excluding hydrogens is 416 g/mol. The van der Waals surface area contributed by atoms with Gasteiger partial charge in [0.2, 0.25) is 0 Å². The van der Waals surface area contributed by atoms with E-state index in [-0.39, 0.29) is 29.7 Å². The maximum atomic E-state index is 12.8. The van der Waals surface area contributed by atoms with Gasteiger partial charge in [0.05, 0.1) is 29.6 Å². The molecule has 3 saturated heterocycles.